The van der Waals surface area contributed by atoms with Gasteiger partial charge in [-0.15, -0.1) is 0 Å². The molecule has 19 aromatic rings. The standard InChI is InChI=1S/C48H30N4.C44H28N4/c1-3-11-32(12-4-1)45-30-46(52-48(51-45)35-13-5-2-6-14-35)43-27-22-33-19-21-37(29-44(33)50-43)36-23-25-41-38(28-36)24-26-42(49-41)40-17-9-15-34-20-18-31-10-7-8-16-39(31)47(34)40;1-3-10-30(11-4-1)42-28-43(48-44(47-42)32-12-5-2-6-13-32)40-24-19-31-16-17-35(27-41(31)46-40)34-20-22-38-37(26-34)21-23-39(45-38)36-18-15-29-9-7-8-14-33(29)25-36/h1-30H;1-28H. The Bertz CT molecular complexity index is 6230. The van der Waals surface area contributed by atoms with Crippen molar-refractivity contribution in [3.63, 3.8) is 0 Å². The maximum absolute atomic E-state index is 5.17. The molecule has 0 saturated heterocycles. The SMILES string of the molecule is c1ccc(-c2cc(-c3ccc4ccc(-c5ccc6nc(-c7ccc8ccccc8c7)ccc6c5)cc4n3)nc(-c3ccccc3)n2)cc1.c1ccc(-c2cc(-c3ccc4ccc(-c5ccc6nc(-c7cccc8ccc9ccccc9c78)ccc6c5)cc4n3)nc(-c3ccccc3)n2)cc1. The van der Waals surface area contributed by atoms with E-state index in [-0.39, 0.29) is 0 Å². The smallest absolute Gasteiger partial charge is 0.160 e. The van der Waals surface area contributed by atoms with E-state index < -0.39 is 0 Å². The minimum absolute atomic E-state index is 0.675. The molecule has 0 unspecified atom stereocenters. The van der Waals surface area contributed by atoms with Crippen molar-refractivity contribution < 1.29 is 0 Å². The van der Waals surface area contributed by atoms with Crippen molar-refractivity contribution >= 4 is 75.9 Å². The van der Waals surface area contributed by atoms with Crippen LogP contribution in [0.1, 0.15) is 0 Å². The summed E-state index contributed by atoms with van der Waals surface area (Å²) in [7, 11) is 0. The molecule has 6 heterocycles. The molecule has 0 amide bonds. The first-order valence-corrected chi connectivity index (χ1v) is 33.5. The van der Waals surface area contributed by atoms with Crippen LogP contribution in [0.2, 0.25) is 0 Å². The molecule has 0 bridgehead atoms. The molecule has 466 valence electrons. The van der Waals surface area contributed by atoms with Crippen molar-refractivity contribution in [3.8, 4) is 113 Å². The van der Waals surface area contributed by atoms with Crippen LogP contribution in [0.15, 0.2) is 352 Å². The van der Waals surface area contributed by atoms with E-state index in [1.54, 1.807) is 0 Å². The third-order valence-corrected chi connectivity index (χ3v) is 18.7. The number of aromatic nitrogens is 8. The van der Waals surface area contributed by atoms with Crippen LogP contribution in [0.3, 0.4) is 0 Å². The van der Waals surface area contributed by atoms with Crippen LogP contribution in [0, 0.1) is 0 Å². The van der Waals surface area contributed by atoms with Crippen LogP contribution in [-0.4, -0.2) is 39.9 Å². The lowest BCUT2D eigenvalue weighted by Gasteiger charge is -2.11. The molecule has 8 heteroatoms. The monoisotopic (exact) mass is 1270 g/mol. The predicted molar refractivity (Wildman–Crippen MR) is 412 cm³/mol. The number of nitrogens with zero attached hydrogens (tertiary/aromatic N) is 8. The first-order valence-electron chi connectivity index (χ1n) is 33.5. The van der Waals surface area contributed by atoms with Crippen molar-refractivity contribution in [1.82, 2.24) is 39.9 Å². The average molecular weight is 1280 g/mol. The third kappa shape index (κ3) is 11.7. The van der Waals surface area contributed by atoms with Gasteiger partial charge in [0.1, 0.15) is 0 Å². The maximum atomic E-state index is 5.17. The highest BCUT2D eigenvalue weighted by atomic mass is 14.9. The summed E-state index contributed by atoms with van der Waals surface area (Å²) in [5.74, 6) is 1.35. The van der Waals surface area contributed by atoms with Crippen LogP contribution in [0.5, 0.6) is 0 Å². The van der Waals surface area contributed by atoms with Crippen molar-refractivity contribution in [2.75, 3.05) is 0 Å². The summed E-state index contributed by atoms with van der Waals surface area (Å²) in [4.78, 5) is 40.3. The molecule has 0 aliphatic carbocycles. The van der Waals surface area contributed by atoms with Crippen molar-refractivity contribution in [2.45, 2.75) is 0 Å². The number of hydrogen-bond donors (Lipinski definition) is 0. The molecule has 0 aliphatic rings. The van der Waals surface area contributed by atoms with E-state index in [1.807, 2.05) is 121 Å². The number of fused-ring (bicyclic) bond motifs is 8. The molecule has 0 radical (unpaired) electrons. The summed E-state index contributed by atoms with van der Waals surface area (Å²) in [5, 5.41) is 11.7. The fourth-order valence-electron chi connectivity index (χ4n) is 13.5. The van der Waals surface area contributed by atoms with Gasteiger partial charge in [0.2, 0.25) is 0 Å². The summed E-state index contributed by atoms with van der Waals surface area (Å²) < 4.78 is 0. The first kappa shape index (κ1) is 59.0. The molecule has 0 atom stereocenters. The zero-order chi connectivity index (χ0) is 66.3. The average Bonchev–Trinajstić information content (AvgIpc) is 0.772. The molecule has 0 aliphatic heterocycles. The molecule has 100 heavy (non-hydrogen) atoms. The zero-order valence-corrected chi connectivity index (χ0v) is 54.1. The maximum Gasteiger partial charge on any atom is 0.160 e. The Morgan fingerprint density at radius 2 is 0.520 bits per heavy atom. The van der Waals surface area contributed by atoms with Gasteiger partial charge in [-0.3, -0.25) is 0 Å². The number of pyridine rings is 4. The molecular weight excluding hydrogens is 1220 g/mol. The fourth-order valence-corrected chi connectivity index (χ4v) is 13.5. The van der Waals surface area contributed by atoms with E-state index in [4.69, 9.17) is 39.9 Å². The molecule has 0 spiro atoms. The fraction of sp³-hybridized carbons (Fsp3) is 0. The molecule has 6 aromatic heterocycles. The Kier molecular flexibility index (Phi) is 15.1. The van der Waals surface area contributed by atoms with Gasteiger partial charge in [0.05, 0.1) is 67.6 Å². The Morgan fingerprint density at radius 1 is 0.150 bits per heavy atom. The largest absolute Gasteiger partial charge is 0.248 e. The van der Waals surface area contributed by atoms with Gasteiger partial charge in [0, 0.05) is 54.9 Å². The predicted octanol–water partition coefficient (Wildman–Crippen LogP) is 23.3. The van der Waals surface area contributed by atoms with Gasteiger partial charge in [-0.25, -0.2) is 39.9 Å². The lowest BCUT2D eigenvalue weighted by molar-refractivity contribution is 1.17. The second-order valence-corrected chi connectivity index (χ2v) is 25.1. The second-order valence-electron chi connectivity index (χ2n) is 25.1. The molecule has 0 N–H and O–H groups in total. The van der Waals surface area contributed by atoms with E-state index in [2.05, 4.69) is 231 Å². The van der Waals surface area contributed by atoms with Crippen LogP contribution in [0.25, 0.3) is 189 Å². The topological polar surface area (TPSA) is 103 Å². The van der Waals surface area contributed by atoms with Crippen LogP contribution < -0.4 is 0 Å². The van der Waals surface area contributed by atoms with Crippen LogP contribution >= 0.6 is 0 Å². The van der Waals surface area contributed by atoms with E-state index in [9.17, 15) is 0 Å². The van der Waals surface area contributed by atoms with Crippen LogP contribution in [-0.2, 0) is 0 Å². The summed E-state index contributed by atoms with van der Waals surface area (Å²) in [5.41, 5.74) is 21.3. The van der Waals surface area contributed by atoms with E-state index >= 15 is 0 Å². The van der Waals surface area contributed by atoms with Gasteiger partial charge in [0.25, 0.3) is 0 Å². The summed E-state index contributed by atoms with van der Waals surface area (Å²) in [6, 6.07) is 122. The van der Waals surface area contributed by atoms with Gasteiger partial charge < -0.3 is 0 Å². The number of benzene rings is 13. The molecule has 0 saturated carbocycles. The Morgan fingerprint density at radius 3 is 1.09 bits per heavy atom. The summed E-state index contributed by atoms with van der Waals surface area (Å²) in [6.07, 6.45) is 0. The quantitative estimate of drug-likeness (QED) is 0.125. The zero-order valence-electron chi connectivity index (χ0n) is 54.1. The molecule has 8 nitrogen and oxygen atoms in total. The lowest BCUT2D eigenvalue weighted by atomic mass is 9.95. The van der Waals surface area contributed by atoms with Crippen molar-refractivity contribution in [1.29, 1.82) is 0 Å². The first-order chi connectivity index (χ1) is 49.5. The third-order valence-electron chi connectivity index (χ3n) is 18.7. The van der Waals surface area contributed by atoms with Crippen molar-refractivity contribution in [2.24, 2.45) is 0 Å². The molecule has 19 rings (SSSR count). The van der Waals surface area contributed by atoms with E-state index in [1.165, 1.54) is 32.3 Å². The van der Waals surface area contributed by atoms with Crippen LogP contribution in [0.4, 0.5) is 0 Å². The Balaban J connectivity index is 0.000000145. The second kappa shape index (κ2) is 25.5. The Hall–Kier alpha value is -13.6. The highest BCUT2D eigenvalue weighted by Crippen LogP contribution is 2.38. The highest BCUT2D eigenvalue weighted by molar-refractivity contribution is 6.14. The van der Waals surface area contributed by atoms with E-state index in [0.717, 1.165) is 145 Å². The summed E-state index contributed by atoms with van der Waals surface area (Å²) in [6.45, 7) is 0. The minimum atomic E-state index is 0.675. The van der Waals surface area contributed by atoms with Gasteiger partial charge in [-0.1, -0.05) is 273 Å². The highest BCUT2D eigenvalue weighted by Gasteiger charge is 2.17. The molecule has 0 fully saturated rings. The van der Waals surface area contributed by atoms with Crippen molar-refractivity contribution in [3.05, 3.63) is 352 Å². The molecular formula is C92H58N8. The van der Waals surface area contributed by atoms with Gasteiger partial charge in [-0.05, 0) is 133 Å². The van der Waals surface area contributed by atoms with Gasteiger partial charge in [-0.2, -0.15) is 0 Å². The lowest BCUT2D eigenvalue weighted by Crippen LogP contribution is -1.97. The van der Waals surface area contributed by atoms with Gasteiger partial charge in [0.15, 0.2) is 11.6 Å². The number of hydrogen-bond acceptors (Lipinski definition) is 8. The molecule has 13 aromatic carbocycles. The van der Waals surface area contributed by atoms with Gasteiger partial charge >= 0.3 is 0 Å². The normalized spacial score (nSPS) is 11.4. The Labute approximate surface area is 577 Å². The summed E-state index contributed by atoms with van der Waals surface area (Å²) >= 11 is 0. The minimum Gasteiger partial charge on any atom is -0.248 e. The number of rotatable bonds is 10. The van der Waals surface area contributed by atoms with E-state index in [0.29, 0.717) is 11.6 Å².